The number of hydrogen-bond donors (Lipinski definition) is 0. The molecule has 0 heterocycles. The second-order valence-corrected chi connectivity index (χ2v) is 20.0. The normalized spacial score (nSPS) is 21.0. The molecular weight excluding hydrogens is 513 g/mol. The molecule has 218 valence electrons. The van der Waals surface area contributed by atoms with Crippen LogP contribution in [-0.4, -0.2) is 14.7 Å². The van der Waals surface area contributed by atoms with Gasteiger partial charge < -0.3 is 4.74 Å². The van der Waals surface area contributed by atoms with Gasteiger partial charge >= 0.3 is 0 Å². The quantitative estimate of drug-likeness (QED) is 0.242. The first-order valence-corrected chi connectivity index (χ1v) is 18.4. The predicted octanol–water partition coefficient (Wildman–Crippen LogP) is 8.65. The topological polar surface area (TPSA) is 9.23 Å². The average Bonchev–Trinajstić information content (AvgIpc) is 3.23. The molecule has 1 nitrogen and oxygen atoms in total. The van der Waals surface area contributed by atoms with Crippen molar-refractivity contribution in [2.45, 2.75) is 105 Å². The Bertz CT molecular complexity index is 1570. The van der Waals surface area contributed by atoms with E-state index in [1.165, 1.54) is 51.7 Å². The van der Waals surface area contributed by atoms with Crippen LogP contribution in [0, 0.1) is 17.8 Å². The first kappa shape index (κ1) is 29.9. The fraction of sp³-hybridized carbons (Fsp3) is 0.487. The van der Waals surface area contributed by atoms with Crippen LogP contribution in [0.3, 0.4) is 0 Å². The lowest BCUT2D eigenvalue weighted by Gasteiger charge is -2.43. The lowest BCUT2D eigenvalue weighted by Crippen LogP contribution is -2.54. The Hall–Kier alpha value is -2.58. The molecule has 0 spiro atoms. The van der Waals surface area contributed by atoms with Crippen molar-refractivity contribution in [1.82, 2.24) is 0 Å². The van der Waals surface area contributed by atoms with Gasteiger partial charge in [-0.3, -0.25) is 0 Å². The molecule has 3 aliphatic carbocycles. The highest BCUT2D eigenvalue weighted by Gasteiger charge is 2.54. The van der Waals surface area contributed by atoms with Crippen molar-refractivity contribution in [2.75, 3.05) is 6.61 Å². The number of ether oxygens (including phenoxy) is 1. The Labute approximate surface area is 250 Å². The van der Waals surface area contributed by atoms with Crippen molar-refractivity contribution in [3.63, 3.8) is 0 Å². The molecule has 41 heavy (non-hydrogen) atoms. The summed E-state index contributed by atoms with van der Waals surface area (Å²) in [5, 5.41) is 4.38. The van der Waals surface area contributed by atoms with Crippen LogP contribution in [-0.2, 0) is 5.41 Å². The third-order valence-electron chi connectivity index (χ3n) is 10.2. The minimum Gasteiger partial charge on any atom is -0.489 e. The van der Waals surface area contributed by atoms with Gasteiger partial charge in [-0.25, -0.2) is 0 Å². The molecule has 0 bridgehead atoms. The van der Waals surface area contributed by atoms with Crippen molar-refractivity contribution in [1.29, 1.82) is 0 Å². The summed E-state index contributed by atoms with van der Waals surface area (Å²) in [7, 11) is -2.25. The van der Waals surface area contributed by atoms with Gasteiger partial charge in [0.15, 0.2) is 0 Å². The number of aryl methyl sites for hydroxylation is 1. The standard InChI is InChI=1S/C39H52OSi/c1-12-21-40-35-31(37(5,6)7)22-26(4)23-32(35)41(13-2,14-3)36-30-25-38(8,9)20-19-29(30)34-33(36)28-18-16-15-17-27(28)24-39(34,10)11/h12,15-18,22-25,36H,1,13-14,19-21H2,2-11H3. The number of allylic oxidation sites excluding steroid dienone is 4. The van der Waals surface area contributed by atoms with E-state index in [1.54, 1.807) is 22.3 Å². The molecule has 5 rings (SSSR count). The van der Waals surface area contributed by atoms with Gasteiger partial charge in [-0.05, 0) is 74.1 Å². The van der Waals surface area contributed by atoms with Crippen LogP contribution in [0.1, 0.15) is 86.3 Å². The molecule has 0 aliphatic heterocycles. The maximum absolute atomic E-state index is 6.76. The summed E-state index contributed by atoms with van der Waals surface area (Å²) in [5.41, 5.74) is 9.84. The summed E-state index contributed by atoms with van der Waals surface area (Å²) < 4.78 is 6.76. The highest BCUT2D eigenvalue weighted by molar-refractivity contribution is 6.95. The third-order valence-corrected chi connectivity index (χ3v) is 15.9. The van der Waals surface area contributed by atoms with Crippen LogP contribution in [0.4, 0.5) is 0 Å². The lowest BCUT2D eigenvalue weighted by molar-refractivity contribution is 0.353. The van der Waals surface area contributed by atoms with E-state index in [9.17, 15) is 0 Å². The molecule has 2 aromatic rings. The third kappa shape index (κ3) is 4.85. The molecular formula is C39H52OSi. The molecule has 0 fully saturated rings. The van der Waals surface area contributed by atoms with Crippen LogP contribution in [0.15, 0.2) is 71.8 Å². The number of benzene rings is 2. The van der Waals surface area contributed by atoms with E-state index in [0.29, 0.717) is 12.1 Å². The largest absolute Gasteiger partial charge is 0.489 e. The Morgan fingerprint density at radius 2 is 1.71 bits per heavy atom. The maximum atomic E-state index is 6.76. The molecule has 0 saturated carbocycles. The highest BCUT2D eigenvalue weighted by atomic mass is 28.3. The molecule has 1 unspecified atom stereocenters. The molecule has 3 aliphatic rings. The van der Waals surface area contributed by atoms with Crippen molar-refractivity contribution in [2.24, 2.45) is 10.8 Å². The maximum Gasteiger partial charge on any atom is 0.122 e. The molecule has 0 amide bonds. The monoisotopic (exact) mass is 564 g/mol. The average molecular weight is 565 g/mol. The fourth-order valence-electron chi connectivity index (χ4n) is 8.28. The first-order valence-electron chi connectivity index (χ1n) is 15.9. The van der Waals surface area contributed by atoms with Crippen LogP contribution >= 0.6 is 0 Å². The summed E-state index contributed by atoms with van der Waals surface area (Å²) in [6.45, 7) is 28.6. The van der Waals surface area contributed by atoms with E-state index < -0.39 is 8.07 Å². The highest BCUT2D eigenvalue weighted by Crippen LogP contribution is 2.62. The van der Waals surface area contributed by atoms with Gasteiger partial charge in [0.2, 0.25) is 0 Å². The summed E-state index contributed by atoms with van der Waals surface area (Å²) in [5.74, 6) is 1.14. The van der Waals surface area contributed by atoms with Gasteiger partial charge in [-0.1, -0.05) is 141 Å². The smallest absolute Gasteiger partial charge is 0.122 e. The molecule has 0 N–H and O–H groups in total. The van der Waals surface area contributed by atoms with Gasteiger partial charge in [-0.2, -0.15) is 0 Å². The zero-order chi connectivity index (χ0) is 30.0. The molecule has 2 heteroatoms. The molecule has 0 saturated heterocycles. The van der Waals surface area contributed by atoms with Gasteiger partial charge in [0, 0.05) is 11.0 Å². The van der Waals surface area contributed by atoms with Crippen LogP contribution < -0.4 is 20.4 Å². The SMILES string of the molecule is C=CCOc1c(C(C)(C)C)cc(C)cc1[Si](CC)(CC)C1C2=CC(C)(C)CCC2=C2C1=c1ccccc1=CC2(C)C. The lowest BCUT2D eigenvalue weighted by atomic mass is 9.73. The zero-order valence-electron chi connectivity index (χ0n) is 27.4. The van der Waals surface area contributed by atoms with E-state index in [-0.39, 0.29) is 16.2 Å². The van der Waals surface area contributed by atoms with Crippen molar-refractivity contribution < 1.29 is 4.74 Å². The van der Waals surface area contributed by atoms with Crippen molar-refractivity contribution in [3.8, 4) is 5.75 Å². The van der Waals surface area contributed by atoms with Crippen molar-refractivity contribution >= 4 is 24.9 Å². The Morgan fingerprint density at radius 1 is 1.02 bits per heavy atom. The van der Waals surface area contributed by atoms with Crippen LogP contribution in [0.5, 0.6) is 5.75 Å². The van der Waals surface area contributed by atoms with Crippen molar-refractivity contribution in [3.05, 3.63) is 93.4 Å². The Kier molecular flexibility index (Phi) is 7.51. The molecule has 0 aromatic heterocycles. The molecule has 1 atom stereocenters. The van der Waals surface area contributed by atoms with E-state index in [4.69, 9.17) is 4.74 Å². The Morgan fingerprint density at radius 3 is 2.34 bits per heavy atom. The second-order valence-electron chi connectivity index (χ2n) is 15.1. The predicted molar refractivity (Wildman–Crippen MR) is 181 cm³/mol. The number of rotatable bonds is 7. The molecule has 2 aromatic carbocycles. The summed E-state index contributed by atoms with van der Waals surface area (Å²) in [6.07, 6.45) is 9.53. The zero-order valence-corrected chi connectivity index (χ0v) is 28.4. The van der Waals surface area contributed by atoms with E-state index in [2.05, 4.69) is 124 Å². The fourth-order valence-corrected chi connectivity index (χ4v) is 13.6. The summed E-state index contributed by atoms with van der Waals surface area (Å²) in [4.78, 5) is 0. The van der Waals surface area contributed by atoms with E-state index >= 15 is 0 Å². The Balaban J connectivity index is 1.94. The minimum atomic E-state index is -2.25. The minimum absolute atomic E-state index is 0.00130. The van der Waals surface area contributed by atoms with Crippen LogP contribution in [0.2, 0.25) is 17.6 Å². The number of fused-ring (bicyclic) bond motifs is 3. The van der Waals surface area contributed by atoms with Crippen LogP contribution in [0.25, 0.3) is 11.6 Å². The van der Waals surface area contributed by atoms with Gasteiger partial charge in [0.05, 0.1) is 0 Å². The number of hydrogen-bond acceptors (Lipinski definition) is 1. The van der Waals surface area contributed by atoms with Gasteiger partial charge in [-0.15, -0.1) is 0 Å². The van der Waals surface area contributed by atoms with Gasteiger partial charge in [0.25, 0.3) is 0 Å². The summed E-state index contributed by atoms with van der Waals surface area (Å²) in [6, 6.07) is 16.5. The van der Waals surface area contributed by atoms with E-state index in [1.807, 2.05) is 6.08 Å². The molecule has 0 radical (unpaired) electrons. The second kappa shape index (κ2) is 10.3. The summed E-state index contributed by atoms with van der Waals surface area (Å²) >= 11 is 0. The van der Waals surface area contributed by atoms with Gasteiger partial charge in [0.1, 0.15) is 20.4 Å². The first-order chi connectivity index (χ1) is 19.2. The van der Waals surface area contributed by atoms with E-state index in [0.717, 1.165) is 5.75 Å².